The van der Waals surface area contributed by atoms with Crippen LogP contribution in [0.1, 0.15) is 20.8 Å². The first-order valence-corrected chi connectivity index (χ1v) is 11.8. The van der Waals surface area contributed by atoms with Gasteiger partial charge >= 0.3 is 6.18 Å². The van der Waals surface area contributed by atoms with Gasteiger partial charge in [0.2, 0.25) is 0 Å². The molecule has 1 saturated heterocycles. The standard InChI is InChI=1S/C23H23F3N6O3S/c1-30-7-9-31(10-8-30)13-14-5-6-18(32(34)35)17(11-14)28-22-29-19(20(36-22)21(27)33)15-3-2-4-16(12-15)23(24,25)26/h2-6,11-12H,7-10,13H2,1H3,(H2,27,33)(H,28,29). The number of carbonyl (C=O) groups excluding carboxylic acids is 1. The van der Waals surface area contributed by atoms with Gasteiger partial charge in [0.05, 0.1) is 16.2 Å². The van der Waals surface area contributed by atoms with Crippen molar-refractivity contribution < 1.29 is 22.9 Å². The number of halogens is 3. The number of anilines is 2. The lowest BCUT2D eigenvalue weighted by molar-refractivity contribution is -0.383. The highest BCUT2D eigenvalue weighted by molar-refractivity contribution is 7.18. The highest BCUT2D eigenvalue weighted by Gasteiger charge is 2.31. The number of nitro groups is 1. The Morgan fingerprint density at radius 2 is 1.92 bits per heavy atom. The highest BCUT2D eigenvalue weighted by Crippen LogP contribution is 2.37. The molecule has 3 N–H and O–H groups in total. The second-order valence-corrected chi connectivity index (χ2v) is 9.45. The lowest BCUT2D eigenvalue weighted by atomic mass is 10.1. The van der Waals surface area contributed by atoms with E-state index in [2.05, 4.69) is 20.1 Å². The van der Waals surface area contributed by atoms with Crippen LogP contribution in [0.15, 0.2) is 42.5 Å². The molecular formula is C23H23F3N6O3S. The van der Waals surface area contributed by atoms with Crippen molar-refractivity contribution in [1.29, 1.82) is 0 Å². The minimum atomic E-state index is -4.58. The summed E-state index contributed by atoms with van der Waals surface area (Å²) in [6.45, 7) is 4.17. The van der Waals surface area contributed by atoms with Crippen molar-refractivity contribution in [2.24, 2.45) is 5.73 Å². The summed E-state index contributed by atoms with van der Waals surface area (Å²) < 4.78 is 39.6. The number of aromatic nitrogens is 1. The predicted molar refractivity (Wildman–Crippen MR) is 130 cm³/mol. The number of nitrogens with zero attached hydrogens (tertiary/aromatic N) is 4. The second-order valence-electron chi connectivity index (χ2n) is 8.45. The summed E-state index contributed by atoms with van der Waals surface area (Å²) in [5.74, 6) is -0.869. The molecule has 4 rings (SSSR count). The van der Waals surface area contributed by atoms with Crippen LogP contribution < -0.4 is 11.1 Å². The summed E-state index contributed by atoms with van der Waals surface area (Å²) in [4.78, 5) is 31.8. The van der Waals surface area contributed by atoms with Crippen LogP contribution in [0.3, 0.4) is 0 Å². The number of likely N-dealkylation sites (N-methyl/N-ethyl adjacent to an activating group) is 1. The van der Waals surface area contributed by atoms with Gasteiger partial charge in [-0.15, -0.1) is 0 Å². The van der Waals surface area contributed by atoms with Gasteiger partial charge < -0.3 is 16.0 Å². The SMILES string of the molecule is CN1CCN(Cc2ccc([N+](=O)[O-])c(Nc3nc(-c4cccc(C(F)(F)F)c4)c(C(N)=O)s3)c2)CC1. The fourth-order valence-corrected chi connectivity index (χ4v) is 4.75. The van der Waals surface area contributed by atoms with Gasteiger partial charge in [-0.25, -0.2) is 4.98 Å². The maximum absolute atomic E-state index is 13.2. The summed E-state index contributed by atoms with van der Waals surface area (Å²) in [7, 11) is 2.05. The minimum Gasteiger partial charge on any atom is -0.365 e. The number of amides is 1. The largest absolute Gasteiger partial charge is 0.416 e. The van der Waals surface area contributed by atoms with E-state index in [4.69, 9.17) is 5.73 Å². The molecule has 0 saturated carbocycles. The molecule has 13 heteroatoms. The topological polar surface area (TPSA) is 118 Å². The molecule has 1 aliphatic heterocycles. The van der Waals surface area contributed by atoms with E-state index in [1.54, 1.807) is 12.1 Å². The summed E-state index contributed by atoms with van der Waals surface area (Å²) in [5.41, 5.74) is 5.40. The molecule has 0 radical (unpaired) electrons. The number of hydrogen-bond acceptors (Lipinski definition) is 8. The third-order valence-electron chi connectivity index (χ3n) is 5.82. The summed E-state index contributed by atoms with van der Waals surface area (Å²) >= 11 is 0.816. The van der Waals surface area contributed by atoms with Crippen molar-refractivity contribution in [2.75, 3.05) is 38.5 Å². The molecule has 1 aromatic heterocycles. The molecule has 1 amide bonds. The molecule has 0 spiro atoms. The molecule has 3 aromatic rings. The van der Waals surface area contributed by atoms with E-state index >= 15 is 0 Å². The lowest BCUT2D eigenvalue weighted by Crippen LogP contribution is -2.43. The highest BCUT2D eigenvalue weighted by atomic mass is 32.1. The number of nitrogens with two attached hydrogens (primary N) is 1. The molecule has 1 aliphatic rings. The number of rotatable bonds is 7. The number of alkyl halides is 3. The Kier molecular flexibility index (Phi) is 7.24. The van der Waals surface area contributed by atoms with Gasteiger partial charge in [-0.1, -0.05) is 29.5 Å². The van der Waals surface area contributed by atoms with Crippen molar-refractivity contribution in [3.05, 3.63) is 68.6 Å². The first-order chi connectivity index (χ1) is 17.0. The van der Waals surface area contributed by atoms with Crippen molar-refractivity contribution in [1.82, 2.24) is 14.8 Å². The van der Waals surface area contributed by atoms with E-state index in [1.165, 1.54) is 18.2 Å². The van der Waals surface area contributed by atoms with E-state index in [-0.39, 0.29) is 32.6 Å². The Labute approximate surface area is 208 Å². The van der Waals surface area contributed by atoms with Crippen molar-refractivity contribution in [2.45, 2.75) is 12.7 Å². The molecule has 1 fully saturated rings. The summed E-state index contributed by atoms with van der Waals surface area (Å²) in [6.07, 6.45) is -4.58. The van der Waals surface area contributed by atoms with E-state index < -0.39 is 22.6 Å². The summed E-state index contributed by atoms with van der Waals surface area (Å²) in [6, 6.07) is 9.11. The van der Waals surface area contributed by atoms with Gasteiger partial charge in [0.25, 0.3) is 11.6 Å². The van der Waals surface area contributed by atoms with Crippen LogP contribution in [0.5, 0.6) is 0 Å². The van der Waals surface area contributed by atoms with Crippen molar-refractivity contribution in [3.8, 4) is 11.3 Å². The smallest absolute Gasteiger partial charge is 0.365 e. The van der Waals surface area contributed by atoms with Crippen LogP contribution in [0.4, 0.5) is 29.7 Å². The Bertz CT molecular complexity index is 1290. The van der Waals surface area contributed by atoms with Gasteiger partial charge in [0.1, 0.15) is 10.6 Å². The van der Waals surface area contributed by atoms with Gasteiger partial charge in [-0.2, -0.15) is 13.2 Å². The Balaban J connectivity index is 1.66. The quantitative estimate of drug-likeness (QED) is 0.352. The Morgan fingerprint density at radius 3 is 2.56 bits per heavy atom. The average molecular weight is 521 g/mol. The number of thiazole rings is 1. The normalized spacial score (nSPS) is 15.1. The van der Waals surface area contributed by atoms with Crippen LogP contribution in [-0.2, 0) is 12.7 Å². The fraction of sp³-hybridized carbons (Fsp3) is 0.304. The predicted octanol–water partition coefficient (Wildman–Crippen LogP) is 4.33. The van der Waals surface area contributed by atoms with E-state index in [0.717, 1.165) is 55.2 Å². The van der Waals surface area contributed by atoms with Crippen LogP contribution in [0.25, 0.3) is 11.3 Å². The van der Waals surface area contributed by atoms with Crippen LogP contribution in [-0.4, -0.2) is 58.8 Å². The van der Waals surface area contributed by atoms with Gasteiger partial charge in [-0.3, -0.25) is 19.8 Å². The lowest BCUT2D eigenvalue weighted by Gasteiger charge is -2.32. The molecule has 36 heavy (non-hydrogen) atoms. The van der Waals surface area contributed by atoms with Crippen molar-refractivity contribution >= 4 is 33.8 Å². The van der Waals surface area contributed by atoms with E-state index in [9.17, 15) is 28.1 Å². The number of nitro benzene ring substituents is 1. The number of carbonyl (C=O) groups is 1. The zero-order chi connectivity index (χ0) is 26.0. The molecule has 9 nitrogen and oxygen atoms in total. The first kappa shape index (κ1) is 25.5. The van der Waals surface area contributed by atoms with Crippen molar-refractivity contribution in [3.63, 3.8) is 0 Å². The molecule has 0 atom stereocenters. The van der Waals surface area contributed by atoms with Crippen LogP contribution in [0, 0.1) is 10.1 Å². The molecule has 0 bridgehead atoms. The fourth-order valence-electron chi connectivity index (χ4n) is 3.90. The number of piperazine rings is 1. The van der Waals surface area contributed by atoms with E-state index in [0.29, 0.717) is 6.54 Å². The molecule has 2 heterocycles. The van der Waals surface area contributed by atoms with E-state index in [1.807, 2.05) is 7.05 Å². The third kappa shape index (κ3) is 5.80. The van der Waals surface area contributed by atoms with Crippen LogP contribution >= 0.6 is 11.3 Å². The Hall–Kier alpha value is -3.55. The number of benzene rings is 2. The Morgan fingerprint density at radius 1 is 1.19 bits per heavy atom. The molecule has 2 aromatic carbocycles. The average Bonchev–Trinajstić information content (AvgIpc) is 3.24. The maximum atomic E-state index is 13.2. The first-order valence-electron chi connectivity index (χ1n) is 10.9. The molecular weight excluding hydrogens is 497 g/mol. The molecule has 0 unspecified atom stereocenters. The zero-order valence-corrected chi connectivity index (χ0v) is 20.0. The number of nitrogens with one attached hydrogen (secondary N) is 1. The van der Waals surface area contributed by atoms with Gasteiger partial charge in [0, 0.05) is 44.4 Å². The zero-order valence-electron chi connectivity index (χ0n) is 19.2. The number of hydrogen-bond donors (Lipinski definition) is 2. The third-order valence-corrected chi connectivity index (χ3v) is 6.80. The van der Waals surface area contributed by atoms with Gasteiger partial charge in [0.15, 0.2) is 5.13 Å². The molecule has 0 aliphatic carbocycles. The van der Waals surface area contributed by atoms with Crippen LogP contribution in [0.2, 0.25) is 0 Å². The second kappa shape index (κ2) is 10.2. The summed E-state index contributed by atoms with van der Waals surface area (Å²) in [5, 5.41) is 14.6. The molecule has 190 valence electrons. The monoisotopic (exact) mass is 520 g/mol. The number of primary amides is 1. The van der Waals surface area contributed by atoms with Gasteiger partial charge in [-0.05, 0) is 30.8 Å². The maximum Gasteiger partial charge on any atom is 0.416 e. The minimum absolute atomic E-state index is 0.0302.